The summed E-state index contributed by atoms with van der Waals surface area (Å²) in [5, 5.41) is 2.48. The normalized spacial score (nSPS) is 16.2. The van der Waals surface area contributed by atoms with Gasteiger partial charge in [0.1, 0.15) is 0 Å². The molecule has 0 fully saturated rings. The number of fused-ring (bicyclic) bond motifs is 1. The van der Waals surface area contributed by atoms with Crippen LogP contribution in [-0.2, 0) is 11.0 Å². The van der Waals surface area contributed by atoms with E-state index in [0.29, 0.717) is 0 Å². The summed E-state index contributed by atoms with van der Waals surface area (Å²) >= 11 is 0. The van der Waals surface area contributed by atoms with Gasteiger partial charge in [-0.25, -0.2) is 0 Å². The average Bonchev–Trinajstić information content (AvgIpc) is 2.37. The molecule has 0 radical (unpaired) electrons. The number of anilines is 2. The minimum atomic E-state index is -4.42. The number of hydrogen-bond donors (Lipinski definition) is 1. The van der Waals surface area contributed by atoms with E-state index in [4.69, 9.17) is 0 Å². The van der Waals surface area contributed by atoms with Gasteiger partial charge >= 0.3 is 6.18 Å². The van der Waals surface area contributed by atoms with Crippen molar-refractivity contribution >= 4 is 17.3 Å². The van der Waals surface area contributed by atoms with E-state index < -0.39 is 11.7 Å². The zero-order chi connectivity index (χ0) is 12.6. The molecule has 0 saturated carbocycles. The van der Waals surface area contributed by atoms with Crippen LogP contribution in [0.5, 0.6) is 0 Å². The second-order valence-corrected chi connectivity index (χ2v) is 3.92. The zero-order valence-electron chi connectivity index (χ0n) is 9.14. The fourth-order valence-corrected chi connectivity index (χ4v) is 1.88. The summed E-state index contributed by atoms with van der Waals surface area (Å²) in [6, 6.07) is 3.79. The number of carbonyl (C=O) groups is 1. The highest BCUT2D eigenvalue weighted by atomic mass is 19.4. The molecular weight excluding hydrogens is 233 g/mol. The third-order valence-corrected chi connectivity index (χ3v) is 2.67. The molecule has 0 atom stereocenters. The number of alkyl halides is 3. The van der Waals surface area contributed by atoms with Crippen LogP contribution >= 0.6 is 0 Å². The maximum atomic E-state index is 12.8. The number of benzene rings is 1. The quantitative estimate of drug-likeness (QED) is 0.760. The summed E-state index contributed by atoms with van der Waals surface area (Å²) in [5.41, 5.74) is -0.477. The summed E-state index contributed by atoms with van der Waals surface area (Å²) in [6.07, 6.45) is -4.24. The van der Waals surface area contributed by atoms with Gasteiger partial charge in [-0.2, -0.15) is 13.2 Å². The lowest BCUT2D eigenvalue weighted by atomic mass is 10.1. The minimum absolute atomic E-state index is 0.0332. The van der Waals surface area contributed by atoms with E-state index in [-0.39, 0.29) is 30.2 Å². The number of hydrogen-bond acceptors (Lipinski definition) is 2. The third-order valence-electron chi connectivity index (χ3n) is 2.67. The van der Waals surface area contributed by atoms with Crippen LogP contribution in [0.15, 0.2) is 18.2 Å². The summed E-state index contributed by atoms with van der Waals surface area (Å²) in [7, 11) is 1.55. The molecule has 1 aromatic rings. The fourth-order valence-electron chi connectivity index (χ4n) is 1.88. The molecule has 6 heteroatoms. The van der Waals surface area contributed by atoms with Crippen molar-refractivity contribution in [2.24, 2.45) is 0 Å². The lowest BCUT2D eigenvalue weighted by molar-refractivity contribution is -0.137. The predicted octanol–water partition coefficient (Wildman–Crippen LogP) is 2.48. The number of carbonyl (C=O) groups excluding carboxylic acids is 1. The molecule has 2 rings (SSSR count). The second-order valence-electron chi connectivity index (χ2n) is 3.92. The van der Waals surface area contributed by atoms with E-state index in [1.54, 1.807) is 7.05 Å². The average molecular weight is 244 g/mol. The Kier molecular flexibility index (Phi) is 2.73. The van der Waals surface area contributed by atoms with Crippen molar-refractivity contribution in [2.45, 2.75) is 12.6 Å². The first-order chi connectivity index (χ1) is 7.89. The first-order valence-corrected chi connectivity index (χ1v) is 5.11. The van der Waals surface area contributed by atoms with Crippen LogP contribution in [0.25, 0.3) is 0 Å². The first kappa shape index (κ1) is 11.8. The van der Waals surface area contributed by atoms with Crippen LogP contribution in [0.4, 0.5) is 24.5 Å². The topological polar surface area (TPSA) is 32.3 Å². The van der Waals surface area contributed by atoms with E-state index >= 15 is 0 Å². The van der Waals surface area contributed by atoms with E-state index in [2.05, 4.69) is 5.32 Å². The third kappa shape index (κ3) is 2.20. The Morgan fingerprint density at radius 3 is 2.71 bits per heavy atom. The van der Waals surface area contributed by atoms with Crippen molar-refractivity contribution in [1.82, 2.24) is 0 Å². The standard InChI is InChI=1S/C11H11F3N2O/c1-16-6-5-9(17)15-8-4-2-3-7(10(8)16)11(12,13)14/h2-4H,5-6H2,1H3,(H,15,17). The summed E-state index contributed by atoms with van der Waals surface area (Å²) in [6.45, 7) is 0.270. The monoisotopic (exact) mass is 244 g/mol. The van der Waals surface area contributed by atoms with E-state index in [1.165, 1.54) is 17.0 Å². The van der Waals surface area contributed by atoms with Gasteiger partial charge < -0.3 is 10.2 Å². The van der Waals surface area contributed by atoms with Crippen LogP contribution in [0.2, 0.25) is 0 Å². The molecule has 0 aliphatic carbocycles. The largest absolute Gasteiger partial charge is 0.418 e. The number of para-hydroxylation sites is 1. The van der Waals surface area contributed by atoms with Crippen molar-refractivity contribution in [3.63, 3.8) is 0 Å². The molecule has 0 saturated heterocycles. The van der Waals surface area contributed by atoms with Gasteiger partial charge in [-0.3, -0.25) is 4.79 Å². The number of rotatable bonds is 0. The second kappa shape index (κ2) is 3.94. The van der Waals surface area contributed by atoms with Crippen molar-refractivity contribution in [3.8, 4) is 0 Å². The van der Waals surface area contributed by atoms with Gasteiger partial charge in [0, 0.05) is 20.0 Å². The molecule has 0 unspecified atom stereocenters. The SMILES string of the molecule is CN1CCC(=O)Nc2cccc(C(F)(F)F)c21. The molecule has 0 spiro atoms. The molecule has 3 nitrogen and oxygen atoms in total. The molecule has 1 amide bonds. The number of nitrogens with zero attached hydrogens (tertiary/aromatic N) is 1. The lowest BCUT2D eigenvalue weighted by Gasteiger charge is -2.23. The van der Waals surface area contributed by atoms with Gasteiger partial charge in [0.25, 0.3) is 0 Å². The maximum Gasteiger partial charge on any atom is 0.418 e. The zero-order valence-corrected chi connectivity index (χ0v) is 9.14. The Labute approximate surface area is 96.2 Å². The van der Waals surface area contributed by atoms with Crippen LogP contribution in [0, 0.1) is 0 Å². The highest BCUT2D eigenvalue weighted by molar-refractivity contribution is 5.96. The van der Waals surface area contributed by atoms with Gasteiger partial charge in [-0.05, 0) is 12.1 Å². The Balaban J connectivity index is 2.59. The molecule has 1 aromatic carbocycles. The van der Waals surface area contributed by atoms with Gasteiger partial charge in [0.15, 0.2) is 0 Å². The molecule has 1 aliphatic heterocycles. The molecule has 1 aliphatic rings. The van der Waals surface area contributed by atoms with E-state index in [1.807, 2.05) is 0 Å². The molecule has 1 N–H and O–H groups in total. The Bertz CT molecular complexity index is 457. The Morgan fingerprint density at radius 1 is 1.35 bits per heavy atom. The number of amides is 1. The fraction of sp³-hybridized carbons (Fsp3) is 0.364. The van der Waals surface area contributed by atoms with Crippen molar-refractivity contribution in [2.75, 3.05) is 23.8 Å². The molecule has 92 valence electrons. The highest BCUT2D eigenvalue weighted by Gasteiger charge is 2.36. The van der Waals surface area contributed by atoms with Crippen LogP contribution in [0.1, 0.15) is 12.0 Å². The van der Waals surface area contributed by atoms with Gasteiger partial charge in [0.2, 0.25) is 5.91 Å². The van der Waals surface area contributed by atoms with Gasteiger partial charge in [0.05, 0.1) is 16.9 Å². The van der Waals surface area contributed by atoms with Crippen LogP contribution in [-0.4, -0.2) is 19.5 Å². The predicted molar refractivity (Wildman–Crippen MR) is 58.0 cm³/mol. The summed E-state index contributed by atoms with van der Waals surface area (Å²) in [4.78, 5) is 12.8. The van der Waals surface area contributed by atoms with Crippen molar-refractivity contribution < 1.29 is 18.0 Å². The molecule has 17 heavy (non-hydrogen) atoms. The van der Waals surface area contributed by atoms with E-state index in [9.17, 15) is 18.0 Å². The number of nitrogens with one attached hydrogen (secondary N) is 1. The summed E-state index contributed by atoms with van der Waals surface area (Å²) in [5.74, 6) is -0.269. The maximum absolute atomic E-state index is 12.8. The highest BCUT2D eigenvalue weighted by Crippen LogP contribution is 2.41. The number of halogens is 3. The molecule has 0 bridgehead atoms. The summed E-state index contributed by atoms with van der Waals surface area (Å²) < 4.78 is 38.5. The van der Waals surface area contributed by atoms with Gasteiger partial charge in [-0.15, -0.1) is 0 Å². The van der Waals surface area contributed by atoms with Crippen molar-refractivity contribution in [3.05, 3.63) is 23.8 Å². The minimum Gasteiger partial charge on any atom is -0.372 e. The Hall–Kier alpha value is -1.72. The van der Waals surface area contributed by atoms with Crippen LogP contribution in [0.3, 0.4) is 0 Å². The molecular formula is C11H11F3N2O. The van der Waals surface area contributed by atoms with E-state index in [0.717, 1.165) is 6.07 Å². The first-order valence-electron chi connectivity index (χ1n) is 5.11. The lowest BCUT2D eigenvalue weighted by Crippen LogP contribution is -2.22. The molecule has 0 aromatic heterocycles. The van der Waals surface area contributed by atoms with Crippen LogP contribution < -0.4 is 10.2 Å². The Morgan fingerprint density at radius 2 is 2.06 bits per heavy atom. The van der Waals surface area contributed by atoms with Crippen molar-refractivity contribution in [1.29, 1.82) is 0 Å². The van der Waals surface area contributed by atoms with Gasteiger partial charge in [-0.1, -0.05) is 6.07 Å². The molecule has 1 heterocycles. The smallest absolute Gasteiger partial charge is 0.372 e.